The van der Waals surface area contributed by atoms with Crippen LogP contribution in [0.3, 0.4) is 0 Å². The monoisotopic (exact) mass is 479 g/mol. The Balaban J connectivity index is 1.23. The molecule has 3 heterocycles. The molecule has 0 atom stereocenters. The topological polar surface area (TPSA) is 79.6 Å². The van der Waals surface area contributed by atoms with E-state index >= 15 is 0 Å². The maximum absolute atomic E-state index is 11.0. The fraction of sp³-hybridized carbons (Fsp3) is 0.556. The molecule has 0 N–H and O–H groups in total. The van der Waals surface area contributed by atoms with Crippen molar-refractivity contribution >= 4 is 22.8 Å². The number of rotatable bonds is 11. The lowest BCUT2D eigenvalue weighted by molar-refractivity contribution is 0.162. The molecule has 0 bridgehead atoms. The summed E-state index contributed by atoms with van der Waals surface area (Å²) in [5, 5.41) is 3.96. The van der Waals surface area contributed by atoms with Crippen LogP contribution >= 0.6 is 0 Å². The van der Waals surface area contributed by atoms with Crippen LogP contribution in [0.25, 0.3) is 10.9 Å². The number of hydrogen-bond donors (Lipinski definition) is 0. The van der Waals surface area contributed by atoms with E-state index in [4.69, 9.17) is 14.5 Å². The average Bonchev–Trinajstić information content (AvgIpc) is 2.88. The molecule has 35 heavy (non-hydrogen) atoms. The highest BCUT2D eigenvalue weighted by Gasteiger charge is 2.20. The van der Waals surface area contributed by atoms with E-state index in [1.54, 1.807) is 6.07 Å². The minimum absolute atomic E-state index is 0.345. The highest BCUT2D eigenvalue weighted by molar-refractivity contribution is 5.89. The third-order valence-corrected chi connectivity index (χ3v) is 6.47. The number of fused-ring (bicyclic) bond motifs is 1. The Bertz CT molecular complexity index is 1040. The molecule has 4 rings (SSSR count). The highest BCUT2D eigenvalue weighted by Crippen LogP contribution is 2.26. The number of hydrogen-bond acceptors (Lipinski definition) is 8. The quantitative estimate of drug-likeness (QED) is 0.306. The van der Waals surface area contributed by atoms with Gasteiger partial charge in [-0.2, -0.15) is 0 Å². The minimum atomic E-state index is 0.345. The van der Waals surface area contributed by atoms with Gasteiger partial charge in [-0.1, -0.05) is 19.1 Å². The van der Waals surface area contributed by atoms with Crippen molar-refractivity contribution in [1.82, 2.24) is 14.8 Å². The zero-order chi connectivity index (χ0) is 24.3. The predicted octanol–water partition coefficient (Wildman–Crippen LogP) is 5.65. The molecule has 188 valence electrons. The third kappa shape index (κ3) is 7.01. The SMILES string of the molecule is CCCOC1=C(N2CCCCN(CCCCOc3ccc4cccc(N=O)c4n3)CC2)N=CCC1. The summed E-state index contributed by atoms with van der Waals surface area (Å²) in [5.74, 6) is 2.66. The van der Waals surface area contributed by atoms with Crippen LogP contribution in [-0.2, 0) is 4.74 Å². The molecule has 0 spiro atoms. The number of nitrogens with zero attached hydrogens (tertiary/aromatic N) is 5. The minimum Gasteiger partial charge on any atom is -0.494 e. The van der Waals surface area contributed by atoms with E-state index in [0.717, 1.165) is 88.4 Å². The molecule has 2 aliphatic rings. The highest BCUT2D eigenvalue weighted by atomic mass is 16.5. The Morgan fingerprint density at radius 2 is 1.91 bits per heavy atom. The maximum atomic E-state index is 11.0. The van der Waals surface area contributed by atoms with Crippen molar-refractivity contribution in [2.24, 2.45) is 10.2 Å². The van der Waals surface area contributed by atoms with Crippen LogP contribution in [0.1, 0.15) is 51.9 Å². The van der Waals surface area contributed by atoms with Crippen LogP contribution in [0.5, 0.6) is 5.88 Å². The zero-order valence-corrected chi connectivity index (χ0v) is 20.8. The van der Waals surface area contributed by atoms with Gasteiger partial charge in [-0.25, -0.2) is 9.98 Å². The number of ether oxygens (including phenoxy) is 2. The molecule has 0 aliphatic carbocycles. The summed E-state index contributed by atoms with van der Waals surface area (Å²) >= 11 is 0. The van der Waals surface area contributed by atoms with Crippen LogP contribution in [0.2, 0.25) is 0 Å². The normalized spacial score (nSPS) is 17.3. The molecule has 0 amide bonds. The van der Waals surface area contributed by atoms with Gasteiger partial charge in [-0.3, -0.25) is 0 Å². The van der Waals surface area contributed by atoms with E-state index in [1.165, 1.54) is 12.8 Å². The van der Waals surface area contributed by atoms with E-state index in [2.05, 4.69) is 26.9 Å². The number of aliphatic imine (C=N–C) groups is 1. The molecule has 2 aliphatic heterocycles. The maximum Gasteiger partial charge on any atom is 0.213 e. The number of unbranched alkanes of at least 4 members (excludes halogenated alkanes) is 1. The number of para-hydroxylation sites is 1. The standard InChI is InChI=1S/C27H37N5O3/c1-2-20-34-24-11-8-14-28-27(24)32-17-4-3-15-31(18-19-32)16-5-6-21-35-25-13-12-22-9-7-10-23(30-33)26(22)29-25/h7,9-10,12-14H,2-6,8,11,15-21H2,1H3. The Kier molecular flexibility index (Phi) is 9.46. The summed E-state index contributed by atoms with van der Waals surface area (Å²) in [4.78, 5) is 25.2. The van der Waals surface area contributed by atoms with Gasteiger partial charge in [0, 0.05) is 43.7 Å². The molecule has 8 nitrogen and oxygen atoms in total. The second-order valence-corrected chi connectivity index (χ2v) is 9.13. The van der Waals surface area contributed by atoms with Crippen molar-refractivity contribution in [2.75, 3.05) is 45.9 Å². The van der Waals surface area contributed by atoms with Gasteiger partial charge in [-0.15, -0.1) is 4.91 Å². The van der Waals surface area contributed by atoms with Crippen molar-refractivity contribution in [3.8, 4) is 5.88 Å². The van der Waals surface area contributed by atoms with Crippen molar-refractivity contribution in [3.63, 3.8) is 0 Å². The van der Waals surface area contributed by atoms with Crippen LogP contribution in [0.4, 0.5) is 5.69 Å². The van der Waals surface area contributed by atoms with E-state index in [1.807, 2.05) is 30.5 Å². The van der Waals surface area contributed by atoms with E-state index in [0.29, 0.717) is 23.7 Å². The molecule has 1 saturated heterocycles. The lowest BCUT2D eigenvalue weighted by Crippen LogP contribution is -2.39. The summed E-state index contributed by atoms with van der Waals surface area (Å²) in [6.45, 7) is 8.78. The van der Waals surface area contributed by atoms with Crippen LogP contribution < -0.4 is 4.74 Å². The molecule has 1 aromatic carbocycles. The molecule has 1 aromatic heterocycles. The average molecular weight is 480 g/mol. The number of nitroso groups, excluding NO2 is 1. The molecule has 0 radical (unpaired) electrons. The Morgan fingerprint density at radius 3 is 2.80 bits per heavy atom. The summed E-state index contributed by atoms with van der Waals surface area (Å²) < 4.78 is 11.9. The van der Waals surface area contributed by atoms with E-state index in [-0.39, 0.29) is 0 Å². The Morgan fingerprint density at radius 1 is 1.00 bits per heavy atom. The van der Waals surface area contributed by atoms with Gasteiger partial charge in [0.1, 0.15) is 17.0 Å². The van der Waals surface area contributed by atoms with Crippen LogP contribution in [0, 0.1) is 4.91 Å². The first-order chi connectivity index (χ1) is 17.3. The molecular formula is C27H37N5O3. The van der Waals surface area contributed by atoms with Gasteiger partial charge in [-0.05, 0) is 68.9 Å². The van der Waals surface area contributed by atoms with Crippen LogP contribution in [-0.4, -0.2) is 66.9 Å². The van der Waals surface area contributed by atoms with E-state index in [9.17, 15) is 4.91 Å². The first kappa shape index (κ1) is 25.1. The fourth-order valence-electron chi connectivity index (χ4n) is 4.59. The fourth-order valence-corrected chi connectivity index (χ4v) is 4.59. The molecule has 1 fully saturated rings. The van der Waals surface area contributed by atoms with Gasteiger partial charge in [0.25, 0.3) is 0 Å². The number of pyridine rings is 1. The van der Waals surface area contributed by atoms with Crippen molar-refractivity contribution in [2.45, 2.75) is 51.9 Å². The number of allylic oxidation sites excluding steroid dienone is 1. The summed E-state index contributed by atoms with van der Waals surface area (Å²) in [6, 6.07) is 9.17. The molecular weight excluding hydrogens is 442 g/mol. The van der Waals surface area contributed by atoms with Crippen LogP contribution in [0.15, 0.2) is 52.1 Å². The molecule has 0 saturated carbocycles. The molecule has 8 heteroatoms. The number of benzene rings is 1. The predicted molar refractivity (Wildman–Crippen MR) is 140 cm³/mol. The van der Waals surface area contributed by atoms with Gasteiger partial charge in [0.2, 0.25) is 5.88 Å². The molecule has 0 unspecified atom stereocenters. The van der Waals surface area contributed by atoms with Gasteiger partial charge in [0.15, 0.2) is 5.82 Å². The van der Waals surface area contributed by atoms with Crippen molar-refractivity contribution in [3.05, 3.63) is 46.8 Å². The summed E-state index contributed by atoms with van der Waals surface area (Å²) in [6.07, 6.45) is 9.37. The van der Waals surface area contributed by atoms with Crippen molar-refractivity contribution in [1.29, 1.82) is 0 Å². The largest absolute Gasteiger partial charge is 0.494 e. The van der Waals surface area contributed by atoms with Gasteiger partial charge < -0.3 is 19.3 Å². The van der Waals surface area contributed by atoms with Crippen molar-refractivity contribution < 1.29 is 9.47 Å². The first-order valence-electron chi connectivity index (χ1n) is 13.0. The summed E-state index contributed by atoms with van der Waals surface area (Å²) in [5.41, 5.74) is 0.934. The smallest absolute Gasteiger partial charge is 0.213 e. The first-order valence-corrected chi connectivity index (χ1v) is 13.0. The second-order valence-electron chi connectivity index (χ2n) is 9.13. The van der Waals surface area contributed by atoms with Gasteiger partial charge in [0.05, 0.1) is 13.2 Å². The lowest BCUT2D eigenvalue weighted by Gasteiger charge is -2.33. The van der Waals surface area contributed by atoms with E-state index < -0.39 is 0 Å². The second kappa shape index (κ2) is 13.2. The Hall–Kier alpha value is -3.00. The summed E-state index contributed by atoms with van der Waals surface area (Å²) in [7, 11) is 0. The zero-order valence-electron chi connectivity index (χ0n) is 20.8. The van der Waals surface area contributed by atoms with Gasteiger partial charge >= 0.3 is 0 Å². The Labute approximate surface area is 208 Å². The number of aromatic nitrogens is 1. The molecule has 2 aromatic rings. The third-order valence-electron chi connectivity index (χ3n) is 6.47. The lowest BCUT2D eigenvalue weighted by atomic mass is 10.2.